The Labute approximate surface area is 144 Å². The molecule has 2 heterocycles. The van der Waals surface area contributed by atoms with Gasteiger partial charge in [-0.2, -0.15) is 0 Å². The van der Waals surface area contributed by atoms with Crippen molar-refractivity contribution in [1.29, 1.82) is 0 Å². The fourth-order valence-corrected chi connectivity index (χ4v) is 4.10. The van der Waals surface area contributed by atoms with Crippen LogP contribution in [0.25, 0.3) is 0 Å². The van der Waals surface area contributed by atoms with Crippen molar-refractivity contribution in [3.8, 4) is 0 Å². The molecule has 22 heavy (non-hydrogen) atoms. The second kappa shape index (κ2) is 8.99. The van der Waals surface area contributed by atoms with E-state index in [0.717, 1.165) is 38.1 Å². The summed E-state index contributed by atoms with van der Waals surface area (Å²) in [5.41, 5.74) is 0. The standard InChI is InChI=1S/C15H27N3O2S.ClH/c1-4-11(2)14(19)18-10-21-9-13(18)15(20)17-7-5-6-12(8-17)16-3;/h11-13,16H,4-10H2,1-3H3;1H. The number of hydrogen-bond donors (Lipinski definition) is 1. The highest BCUT2D eigenvalue weighted by molar-refractivity contribution is 7.99. The third kappa shape index (κ3) is 4.30. The molecule has 0 aromatic rings. The van der Waals surface area contributed by atoms with Crippen LogP contribution >= 0.6 is 24.2 Å². The SMILES string of the molecule is CCC(C)C(=O)N1CSCC1C(=O)N1CCCC(NC)C1.Cl. The first-order valence-corrected chi connectivity index (χ1v) is 9.08. The van der Waals surface area contributed by atoms with Crippen LogP contribution in [-0.2, 0) is 9.59 Å². The number of nitrogens with one attached hydrogen (secondary N) is 1. The molecule has 2 amide bonds. The highest BCUT2D eigenvalue weighted by Gasteiger charge is 2.39. The Balaban J connectivity index is 0.00000242. The van der Waals surface area contributed by atoms with Gasteiger partial charge in [-0.25, -0.2) is 0 Å². The van der Waals surface area contributed by atoms with Crippen molar-refractivity contribution in [3.05, 3.63) is 0 Å². The molecule has 0 aromatic carbocycles. The van der Waals surface area contributed by atoms with Gasteiger partial charge >= 0.3 is 0 Å². The van der Waals surface area contributed by atoms with Crippen LogP contribution in [0.3, 0.4) is 0 Å². The minimum Gasteiger partial charge on any atom is -0.339 e. The predicted octanol–water partition coefficient (Wildman–Crippen LogP) is 1.57. The van der Waals surface area contributed by atoms with Crippen LogP contribution in [0.2, 0.25) is 0 Å². The molecule has 2 fully saturated rings. The van der Waals surface area contributed by atoms with Crippen LogP contribution in [0.1, 0.15) is 33.1 Å². The molecule has 0 saturated carbocycles. The lowest BCUT2D eigenvalue weighted by Gasteiger charge is -2.36. The van der Waals surface area contributed by atoms with Gasteiger partial charge < -0.3 is 15.1 Å². The number of carbonyl (C=O) groups excluding carboxylic acids is 2. The number of rotatable bonds is 4. The molecule has 7 heteroatoms. The van der Waals surface area contributed by atoms with E-state index in [1.807, 2.05) is 25.8 Å². The van der Waals surface area contributed by atoms with E-state index >= 15 is 0 Å². The Morgan fingerprint density at radius 1 is 1.41 bits per heavy atom. The van der Waals surface area contributed by atoms with E-state index in [1.165, 1.54) is 0 Å². The minimum atomic E-state index is -0.257. The molecule has 0 bridgehead atoms. The first-order valence-electron chi connectivity index (χ1n) is 7.92. The van der Waals surface area contributed by atoms with E-state index in [4.69, 9.17) is 0 Å². The first kappa shape index (κ1) is 19.6. The van der Waals surface area contributed by atoms with Crippen LogP contribution in [-0.4, -0.2) is 65.5 Å². The highest BCUT2D eigenvalue weighted by atomic mass is 35.5. The fourth-order valence-electron chi connectivity index (χ4n) is 2.95. The molecule has 0 radical (unpaired) electrons. The minimum absolute atomic E-state index is 0. The second-order valence-corrected chi connectivity index (χ2v) is 7.04. The summed E-state index contributed by atoms with van der Waals surface area (Å²) in [6.45, 7) is 5.56. The Morgan fingerprint density at radius 3 is 2.77 bits per heavy atom. The maximum atomic E-state index is 12.8. The lowest BCUT2D eigenvalue weighted by molar-refractivity contribution is -0.146. The maximum Gasteiger partial charge on any atom is 0.246 e. The topological polar surface area (TPSA) is 52.7 Å². The quantitative estimate of drug-likeness (QED) is 0.837. The summed E-state index contributed by atoms with van der Waals surface area (Å²) in [5, 5.41) is 3.26. The third-order valence-corrected chi connectivity index (χ3v) is 5.64. The van der Waals surface area contributed by atoms with Gasteiger partial charge in [-0.1, -0.05) is 13.8 Å². The lowest BCUT2D eigenvalue weighted by Crippen LogP contribution is -2.54. The van der Waals surface area contributed by atoms with Crippen LogP contribution in [0.4, 0.5) is 0 Å². The number of nitrogens with zero attached hydrogens (tertiary/aromatic N) is 2. The Morgan fingerprint density at radius 2 is 2.14 bits per heavy atom. The number of halogens is 1. The Bertz CT molecular complexity index is 397. The van der Waals surface area contributed by atoms with Crippen molar-refractivity contribution in [2.45, 2.75) is 45.2 Å². The van der Waals surface area contributed by atoms with Crippen molar-refractivity contribution in [1.82, 2.24) is 15.1 Å². The van der Waals surface area contributed by atoms with Gasteiger partial charge in [0.1, 0.15) is 6.04 Å². The number of likely N-dealkylation sites (tertiary alicyclic amines) is 1. The molecule has 1 N–H and O–H groups in total. The molecule has 3 unspecified atom stereocenters. The summed E-state index contributed by atoms with van der Waals surface area (Å²) >= 11 is 1.69. The zero-order valence-electron chi connectivity index (χ0n) is 13.7. The molecule has 0 aliphatic carbocycles. The van der Waals surface area contributed by atoms with Crippen molar-refractivity contribution >= 4 is 36.0 Å². The van der Waals surface area contributed by atoms with Gasteiger partial charge in [0, 0.05) is 30.8 Å². The molecule has 2 saturated heterocycles. The number of carbonyl (C=O) groups is 2. The van der Waals surface area contributed by atoms with Crippen LogP contribution in [0.15, 0.2) is 0 Å². The number of amides is 2. The van der Waals surface area contributed by atoms with Gasteiger partial charge in [-0.15, -0.1) is 24.2 Å². The van der Waals surface area contributed by atoms with E-state index in [-0.39, 0.29) is 36.2 Å². The average Bonchev–Trinajstić information content (AvgIpc) is 3.02. The highest BCUT2D eigenvalue weighted by Crippen LogP contribution is 2.26. The van der Waals surface area contributed by atoms with Gasteiger partial charge in [0.05, 0.1) is 5.88 Å². The van der Waals surface area contributed by atoms with Crippen molar-refractivity contribution in [3.63, 3.8) is 0 Å². The molecule has 128 valence electrons. The zero-order chi connectivity index (χ0) is 15.4. The van der Waals surface area contributed by atoms with Crippen molar-refractivity contribution in [2.75, 3.05) is 31.8 Å². The smallest absolute Gasteiger partial charge is 0.246 e. The summed E-state index contributed by atoms with van der Waals surface area (Å²) in [4.78, 5) is 28.9. The normalized spacial score (nSPS) is 26.5. The number of hydrogen-bond acceptors (Lipinski definition) is 4. The van der Waals surface area contributed by atoms with Crippen LogP contribution in [0, 0.1) is 5.92 Å². The summed E-state index contributed by atoms with van der Waals surface area (Å²) in [5.74, 6) is 1.66. The number of thioether (sulfide) groups is 1. The lowest BCUT2D eigenvalue weighted by atomic mass is 10.0. The molecule has 2 aliphatic heterocycles. The molecule has 2 rings (SSSR count). The zero-order valence-corrected chi connectivity index (χ0v) is 15.3. The summed E-state index contributed by atoms with van der Waals surface area (Å²) in [6, 6.07) is 0.127. The summed E-state index contributed by atoms with van der Waals surface area (Å²) in [6.07, 6.45) is 2.98. The van der Waals surface area contributed by atoms with Crippen LogP contribution < -0.4 is 5.32 Å². The molecule has 0 aromatic heterocycles. The summed E-state index contributed by atoms with van der Waals surface area (Å²) < 4.78 is 0. The Hall–Kier alpha value is -0.460. The van der Waals surface area contributed by atoms with Crippen LogP contribution in [0.5, 0.6) is 0 Å². The van der Waals surface area contributed by atoms with Gasteiger partial charge in [0.2, 0.25) is 11.8 Å². The predicted molar refractivity (Wildman–Crippen MR) is 93.3 cm³/mol. The number of piperidine rings is 1. The fraction of sp³-hybridized carbons (Fsp3) is 0.867. The first-order chi connectivity index (χ1) is 10.1. The monoisotopic (exact) mass is 349 g/mol. The molecular weight excluding hydrogens is 322 g/mol. The van der Waals surface area contributed by atoms with Crippen molar-refractivity contribution < 1.29 is 9.59 Å². The second-order valence-electron chi connectivity index (χ2n) is 6.05. The maximum absolute atomic E-state index is 12.8. The molecule has 3 atom stereocenters. The van der Waals surface area contributed by atoms with Gasteiger partial charge in [0.15, 0.2) is 0 Å². The number of likely N-dealkylation sites (N-methyl/N-ethyl adjacent to an activating group) is 1. The molecule has 0 spiro atoms. The van der Waals surface area contributed by atoms with E-state index in [1.54, 1.807) is 16.7 Å². The third-order valence-electron chi connectivity index (χ3n) is 4.63. The van der Waals surface area contributed by atoms with Gasteiger partial charge in [0.25, 0.3) is 0 Å². The van der Waals surface area contributed by atoms with E-state index in [2.05, 4.69) is 5.32 Å². The summed E-state index contributed by atoms with van der Waals surface area (Å²) in [7, 11) is 1.95. The van der Waals surface area contributed by atoms with E-state index in [0.29, 0.717) is 11.9 Å². The van der Waals surface area contributed by atoms with Gasteiger partial charge in [-0.05, 0) is 26.3 Å². The molecule has 2 aliphatic rings. The van der Waals surface area contributed by atoms with E-state index < -0.39 is 0 Å². The van der Waals surface area contributed by atoms with Crippen molar-refractivity contribution in [2.24, 2.45) is 5.92 Å². The molecule has 5 nitrogen and oxygen atoms in total. The van der Waals surface area contributed by atoms with Gasteiger partial charge in [-0.3, -0.25) is 9.59 Å². The average molecular weight is 350 g/mol. The Kier molecular flexibility index (Phi) is 8.00. The van der Waals surface area contributed by atoms with E-state index in [9.17, 15) is 9.59 Å². The largest absolute Gasteiger partial charge is 0.339 e. The molecular formula is C15H28ClN3O2S.